The number of benzene rings is 7. The molecule has 10 rings (SSSR count). The van der Waals surface area contributed by atoms with Gasteiger partial charge in [0.25, 0.3) is 0 Å². The lowest BCUT2D eigenvalue weighted by Crippen LogP contribution is -1.94. The van der Waals surface area contributed by atoms with Gasteiger partial charge in [-0.15, -0.1) is 0 Å². The molecule has 0 radical (unpaired) electrons. The van der Waals surface area contributed by atoms with Crippen LogP contribution in [0.5, 0.6) is 0 Å². The van der Waals surface area contributed by atoms with E-state index in [1.54, 1.807) is 0 Å². The van der Waals surface area contributed by atoms with E-state index in [0.717, 1.165) is 11.4 Å². The summed E-state index contributed by atoms with van der Waals surface area (Å²) in [7, 11) is 0. The molecular weight excluding hydrogens is 607 g/mol. The van der Waals surface area contributed by atoms with Gasteiger partial charge in [0.05, 0.1) is 22.1 Å². The Hall–Kier alpha value is -6.71. The van der Waals surface area contributed by atoms with Gasteiger partial charge >= 0.3 is 0 Å². The van der Waals surface area contributed by atoms with Crippen LogP contribution < -0.4 is 0 Å². The van der Waals surface area contributed by atoms with Crippen LogP contribution >= 0.6 is 0 Å². The fourth-order valence-corrected chi connectivity index (χ4v) is 7.64. The predicted molar refractivity (Wildman–Crippen MR) is 209 cm³/mol. The number of pyridine rings is 1. The third kappa shape index (κ3) is 4.56. The van der Waals surface area contributed by atoms with Crippen molar-refractivity contribution in [1.82, 2.24) is 14.1 Å². The topological polar surface area (TPSA) is 22.8 Å². The standard InChI is InChI=1S/C47H31N3/c1-2-8-32(9-3-1)33-14-20-38(21-15-33)49-44-12-6-4-10-40(44)42-30-36(18-24-46(42)49)37-19-25-47-43(31-37)41-11-5-7-13-45(41)50(47)39-22-16-34(17-23-39)35-26-28-48-29-27-35/h1-31H. The van der Waals surface area contributed by atoms with Gasteiger partial charge < -0.3 is 9.13 Å². The van der Waals surface area contributed by atoms with Gasteiger partial charge in [0.15, 0.2) is 0 Å². The highest BCUT2D eigenvalue weighted by molar-refractivity contribution is 6.12. The minimum Gasteiger partial charge on any atom is -0.309 e. The molecule has 0 saturated carbocycles. The summed E-state index contributed by atoms with van der Waals surface area (Å²) in [6.45, 7) is 0. The Morgan fingerprint density at radius 2 is 0.660 bits per heavy atom. The van der Waals surface area contributed by atoms with Crippen LogP contribution in [0.1, 0.15) is 0 Å². The van der Waals surface area contributed by atoms with Gasteiger partial charge in [-0.1, -0.05) is 103 Å². The van der Waals surface area contributed by atoms with Crippen molar-refractivity contribution in [3.63, 3.8) is 0 Å². The number of para-hydroxylation sites is 2. The van der Waals surface area contributed by atoms with Crippen molar-refractivity contribution >= 4 is 43.6 Å². The Labute approximate surface area is 290 Å². The highest BCUT2D eigenvalue weighted by Crippen LogP contribution is 2.38. The summed E-state index contributed by atoms with van der Waals surface area (Å²) >= 11 is 0. The zero-order valence-corrected chi connectivity index (χ0v) is 27.2. The molecule has 0 saturated heterocycles. The molecule has 0 bridgehead atoms. The molecule has 0 unspecified atom stereocenters. The number of aromatic nitrogens is 3. The lowest BCUT2D eigenvalue weighted by molar-refractivity contribution is 1.18. The maximum Gasteiger partial charge on any atom is 0.0541 e. The van der Waals surface area contributed by atoms with Gasteiger partial charge in [-0.05, 0) is 106 Å². The maximum atomic E-state index is 4.17. The van der Waals surface area contributed by atoms with Crippen molar-refractivity contribution in [2.45, 2.75) is 0 Å². The Morgan fingerprint density at radius 1 is 0.280 bits per heavy atom. The molecule has 3 heteroatoms. The number of nitrogens with zero attached hydrogens (tertiary/aromatic N) is 3. The SMILES string of the molecule is c1ccc(-c2ccc(-n3c4ccccc4c4cc(-c5ccc6c(c5)c5ccccc5n6-c5ccc(-c6ccncc6)cc5)ccc43)cc2)cc1. The average molecular weight is 638 g/mol. The van der Waals surface area contributed by atoms with Crippen LogP contribution in [0, 0.1) is 0 Å². The van der Waals surface area contributed by atoms with Gasteiger partial charge in [-0.2, -0.15) is 0 Å². The van der Waals surface area contributed by atoms with Crippen LogP contribution in [0.4, 0.5) is 0 Å². The van der Waals surface area contributed by atoms with E-state index in [4.69, 9.17) is 0 Å². The van der Waals surface area contributed by atoms with E-state index < -0.39 is 0 Å². The van der Waals surface area contributed by atoms with Gasteiger partial charge in [-0.25, -0.2) is 0 Å². The summed E-state index contributed by atoms with van der Waals surface area (Å²) in [5.74, 6) is 0. The Kier molecular flexibility index (Phi) is 6.49. The van der Waals surface area contributed by atoms with E-state index in [1.807, 2.05) is 12.4 Å². The highest BCUT2D eigenvalue weighted by atomic mass is 15.0. The van der Waals surface area contributed by atoms with Crippen molar-refractivity contribution in [2.75, 3.05) is 0 Å². The molecule has 0 aliphatic carbocycles. The molecule has 3 nitrogen and oxygen atoms in total. The molecule has 0 atom stereocenters. The van der Waals surface area contributed by atoms with Gasteiger partial charge in [-0.3, -0.25) is 4.98 Å². The van der Waals surface area contributed by atoms with Crippen molar-refractivity contribution in [3.05, 3.63) is 188 Å². The second-order valence-corrected chi connectivity index (χ2v) is 12.9. The van der Waals surface area contributed by atoms with Crippen molar-refractivity contribution in [1.29, 1.82) is 0 Å². The maximum absolute atomic E-state index is 4.17. The van der Waals surface area contributed by atoms with E-state index >= 15 is 0 Å². The Morgan fingerprint density at radius 3 is 1.16 bits per heavy atom. The third-order valence-corrected chi connectivity index (χ3v) is 10.1. The normalized spacial score (nSPS) is 11.6. The molecule has 7 aromatic carbocycles. The molecule has 0 amide bonds. The molecule has 0 aliphatic rings. The molecule has 50 heavy (non-hydrogen) atoms. The fraction of sp³-hybridized carbons (Fsp3) is 0. The highest BCUT2D eigenvalue weighted by Gasteiger charge is 2.16. The molecule has 10 aromatic rings. The minimum absolute atomic E-state index is 1.15. The molecule has 0 fully saturated rings. The minimum atomic E-state index is 1.15. The van der Waals surface area contributed by atoms with E-state index in [-0.39, 0.29) is 0 Å². The summed E-state index contributed by atoms with van der Waals surface area (Å²) in [6, 6.07) is 63.7. The second kappa shape index (κ2) is 11.5. The molecular formula is C47H31N3. The van der Waals surface area contributed by atoms with Crippen LogP contribution in [0.3, 0.4) is 0 Å². The van der Waals surface area contributed by atoms with Gasteiger partial charge in [0.1, 0.15) is 0 Å². The molecule has 3 aromatic heterocycles. The average Bonchev–Trinajstić information content (AvgIpc) is 3.71. The monoisotopic (exact) mass is 637 g/mol. The first-order valence-corrected chi connectivity index (χ1v) is 17.0. The fourth-order valence-electron chi connectivity index (χ4n) is 7.64. The Bertz CT molecular complexity index is 2630. The van der Waals surface area contributed by atoms with Gasteiger partial charge in [0, 0.05) is 45.3 Å². The van der Waals surface area contributed by atoms with Crippen LogP contribution in [0.15, 0.2) is 188 Å². The zero-order chi connectivity index (χ0) is 33.0. The predicted octanol–water partition coefficient (Wildman–Crippen LogP) is 12.3. The first-order valence-electron chi connectivity index (χ1n) is 17.0. The van der Waals surface area contributed by atoms with Crippen LogP contribution in [-0.2, 0) is 0 Å². The summed E-state index contributed by atoms with van der Waals surface area (Å²) in [5, 5.41) is 5.00. The molecule has 0 spiro atoms. The number of hydrogen-bond donors (Lipinski definition) is 0. The van der Waals surface area contributed by atoms with E-state index in [0.29, 0.717) is 0 Å². The van der Waals surface area contributed by atoms with Crippen LogP contribution in [0.25, 0.3) is 88.4 Å². The first-order chi connectivity index (χ1) is 24.8. The van der Waals surface area contributed by atoms with Crippen molar-refractivity contribution < 1.29 is 0 Å². The summed E-state index contributed by atoms with van der Waals surface area (Å²) in [4.78, 5) is 4.17. The number of hydrogen-bond acceptors (Lipinski definition) is 1. The largest absolute Gasteiger partial charge is 0.309 e. The lowest BCUT2D eigenvalue weighted by atomic mass is 10.0. The quantitative estimate of drug-likeness (QED) is 0.184. The smallest absolute Gasteiger partial charge is 0.0541 e. The zero-order valence-electron chi connectivity index (χ0n) is 27.2. The van der Waals surface area contributed by atoms with E-state index in [9.17, 15) is 0 Å². The third-order valence-electron chi connectivity index (χ3n) is 10.1. The lowest BCUT2D eigenvalue weighted by Gasteiger charge is -2.11. The van der Waals surface area contributed by atoms with Crippen molar-refractivity contribution in [3.8, 4) is 44.8 Å². The number of rotatable bonds is 5. The summed E-state index contributed by atoms with van der Waals surface area (Å²) < 4.78 is 4.77. The molecule has 0 N–H and O–H groups in total. The van der Waals surface area contributed by atoms with E-state index in [1.165, 1.54) is 77.0 Å². The van der Waals surface area contributed by atoms with Crippen molar-refractivity contribution in [2.24, 2.45) is 0 Å². The van der Waals surface area contributed by atoms with E-state index in [2.05, 4.69) is 190 Å². The molecule has 0 aliphatic heterocycles. The first kappa shape index (κ1) is 28.3. The van der Waals surface area contributed by atoms with Crippen LogP contribution in [-0.4, -0.2) is 14.1 Å². The summed E-state index contributed by atoms with van der Waals surface area (Å²) in [6.07, 6.45) is 3.68. The molecule has 234 valence electrons. The van der Waals surface area contributed by atoms with Crippen LogP contribution in [0.2, 0.25) is 0 Å². The number of fused-ring (bicyclic) bond motifs is 6. The second-order valence-electron chi connectivity index (χ2n) is 12.9. The Balaban J connectivity index is 1.08. The molecule has 3 heterocycles. The van der Waals surface area contributed by atoms with Gasteiger partial charge in [0.2, 0.25) is 0 Å². The summed E-state index contributed by atoms with van der Waals surface area (Å²) in [5.41, 5.74) is 14.3.